The van der Waals surface area contributed by atoms with E-state index in [2.05, 4.69) is 4.74 Å². The van der Waals surface area contributed by atoms with Crippen LogP contribution in [0.15, 0.2) is 12.1 Å². The lowest BCUT2D eigenvalue weighted by atomic mass is 9.94. The first-order valence-electron chi connectivity index (χ1n) is 5.79. The number of hydrogen-bond donors (Lipinski definition) is 0. The molecule has 0 radical (unpaired) electrons. The number of nitriles is 1. The molecule has 0 atom stereocenters. The molecule has 1 aromatic carbocycles. The van der Waals surface area contributed by atoms with E-state index in [-0.39, 0.29) is 12.2 Å². The predicted molar refractivity (Wildman–Crippen MR) is 61.5 cm³/mol. The summed E-state index contributed by atoms with van der Waals surface area (Å²) >= 11 is 0. The van der Waals surface area contributed by atoms with Gasteiger partial charge in [-0.15, -0.1) is 0 Å². The first-order chi connectivity index (χ1) is 9.72. The molecule has 8 heteroatoms. The Balaban J connectivity index is 3.44. The van der Waals surface area contributed by atoms with Gasteiger partial charge in [0.05, 0.1) is 24.2 Å². The molecule has 0 saturated heterocycles. The summed E-state index contributed by atoms with van der Waals surface area (Å²) in [7, 11) is 0. The van der Waals surface area contributed by atoms with Crippen molar-refractivity contribution >= 4 is 5.97 Å². The predicted octanol–water partition coefficient (Wildman–Crippen LogP) is 3.62. The number of hydrogen-bond acceptors (Lipinski definition) is 3. The molecule has 114 valence electrons. The van der Waals surface area contributed by atoms with E-state index in [0.717, 1.165) is 6.07 Å². The van der Waals surface area contributed by atoms with Gasteiger partial charge in [0.25, 0.3) is 6.43 Å². The van der Waals surface area contributed by atoms with Crippen LogP contribution in [0.25, 0.3) is 0 Å². The van der Waals surface area contributed by atoms with E-state index in [1.807, 2.05) is 0 Å². The van der Waals surface area contributed by atoms with Gasteiger partial charge in [-0.1, -0.05) is 12.1 Å². The number of halogens is 5. The molecule has 0 bridgehead atoms. The molecule has 0 spiro atoms. The Morgan fingerprint density at radius 2 is 2.00 bits per heavy atom. The van der Waals surface area contributed by atoms with Crippen LogP contribution in [0.3, 0.4) is 0 Å². The van der Waals surface area contributed by atoms with E-state index in [9.17, 15) is 26.7 Å². The third-order valence-corrected chi connectivity index (χ3v) is 2.59. The Labute approximate surface area is 116 Å². The maximum Gasteiger partial charge on any atom is 0.418 e. The van der Waals surface area contributed by atoms with Crippen molar-refractivity contribution in [2.45, 2.75) is 25.9 Å². The van der Waals surface area contributed by atoms with Gasteiger partial charge in [0.15, 0.2) is 0 Å². The zero-order valence-corrected chi connectivity index (χ0v) is 10.8. The minimum Gasteiger partial charge on any atom is -0.466 e. The van der Waals surface area contributed by atoms with Crippen LogP contribution in [0.2, 0.25) is 0 Å². The van der Waals surface area contributed by atoms with Gasteiger partial charge < -0.3 is 4.74 Å². The molecule has 0 aromatic heterocycles. The zero-order chi connectivity index (χ0) is 16.2. The molecule has 1 rings (SSSR count). The molecule has 0 amide bonds. The molecule has 0 N–H and O–H groups in total. The summed E-state index contributed by atoms with van der Waals surface area (Å²) in [5.41, 5.74) is -4.27. The summed E-state index contributed by atoms with van der Waals surface area (Å²) in [5.74, 6) is -0.841. The van der Waals surface area contributed by atoms with E-state index in [4.69, 9.17) is 5.26 Å². The number of carbonyl (C=O) groups is 1. The van der Waals surface area contributed by atoms with Gasteiger partial charge in [0.1, 0.15) is 6.07 Å². The monoisotopic (exact) mass is 307 g/mol. The van der Waals surface area contributed by atoms with Gasteiger partial charge in [-0.3, -0.25) is 4.79 Å². The maximum atomic E-state index is 12.9. The second kappa shape index (κ2) is 6.52. The standard InChI is InChI=1S/C13H10F5NO2/c1-2-21-10(20)5-7-3-4-8(12(14)15)11(9(7)6-19)13(16,17)18/h3-4,12H,2,5H2,1H3. The van der Waals surface area contributed by atoms with Crippen molar-refractivity contribution in [2.24, 2.45) is 0 Å². The van der Waals surface area contributed by atoms with Crippen molar-refractivity contribution in [2.75, 3.05) is 6.61 Å². The van der Waals surface area contributed by atoms with Gasteiger partial charge in [-0.25, -0.2) is 8.78 Å². The van der Waals surface area contributed by atoms with Crippen molar-refractivity contribution in [1.29, 1.82) is 5.26 Å². The Morgan fingerprint density at radius 1 is 1.38 bits per heavy atom. The molecule has 3 nitrogen and oxygen atoms in total. The number of rotatable bonds is 4. The fourth-order valence-corrected chi connectivity index (χ4v) is 1.79. The molecule has 0 heterocycles. The van der Waals surface area contributed by atoms with Crippen molar-refractivity contribution in [3.63, 3.8) is 0 Å². The Bertz CT molecular complexity index is 575. The summed E-state index contributed by atoms with van der Waals surface area (Å²) in [6.45, 7) is 1.52. The molecule has 1 aromatic rings. The van der Waals surface area contributed by atoms with E-state index in [1.165, 1.54) is 13.0 Å². The Hall–Kier alpha value is -2.17. The van der Waals surface area contributed by atoms with Gasteiger partial charge in [-0.2, -0.15) is 18.4 Å². The Kier molecular flexibility index (Phi) is 5.24. The highest BCUT2D eigenvalue weighted by Crippen LogP contribution is 2.39. The third kappa shape index (κ3) is 3.90. The Morgan fingerprint density at radius 3 is 2.43 bits per heavy atom. The van der Waals surface area contributed by atoms with Crippen molar-refractivity contribution in [3.05, 3.63) is 34.4 Å². The van der Waals surface area contributed by atoms with Crippen LogP contribution < -0.4 is 0 Å². The second-order valence-corrected chi connectivity index (χ2v) is 3.96. The van der Waals surface area contributed by atoms with Gasteiger partial charge in [0, 0.05) is 5.56 Å². The SMILES string of the molecule is CCOC(=O)Cc1ccc(C(F)F)c(C(F)(F)F)c1C#N. The number of carbonyl (C=O) groups excluding carboxylic acids is 1. The molecule has 0 aliphatic carbocycles. The summed E-state index contributed by atoms with van der Waals surface area (Å²) in [6.07, 6.45) is -9.10. The molecule has 0 fully saturated rings. The fourth-order valence-electron chi connectivity index (χ4n) is 1.79. The highest BCUT2D eigenvalue weighted by atomic mass is 19.4. The van der Waals surface area contributed by atoms with E-state index in [0.29, 0.717) is 6.07 Å². The number of benzene rings is 1. The summed E-state index contributed by atoms with van der Waals surface area (Å²) in [5, 5.41) is 8.86. The van der Waals surface area contributed by atoms with Gasteiger partial charge in [0.2, 0.25) is 0 Å². The second-order valence-electron chi connectivity index (χ2n) is 3.96. The van der Waals surface area contributed by atoms with Crippen molar-refractivity contribution in [3.8, 4) is 6.07 Å². The molecule has 0 aliphatic heterocycles. The lowest BCUT2D eigenvalue weighted by molar-refractivity contribution is -0.143. The lowest BCUT2D eigenvalue weighted by Crippen LogP contribution is -2.16. The van der Waals surface area contributed by atoms with E-state index in [1.54, 1.807) is 0 Å². The number of ether oxygens (including phenoxy) is 1. The van der Waals surface area contributed by atoms with Crippen LogP contribution in [0.5, 0.6) is 0 Å². The van der Waals surface area contributed by atoms with Crippen molar-refractivity contribution in [1.82, 2.24) is 0 Å². The van der Waals surface area contributed by atoms with Gasteiger partial charge >= 0.3 is 12.1 Å². The summed E-state index contributed by atoms with van der Waals surface area (Å²) in [6, 6.07) is 2.73. The minimum atomic E-state index is -5.12. The lowest BCUT2D eigenvalue weighted by Gasteiger charge is -2.16. The number of esters is 1. The van der Waals surface area contributed by atoms with Crippen LogP contribution in [0.1, 0.15) is 35.6 Å². The van der Waals surface area contributed by atoms with Crippen LogP contribution in [0, 0.1) is 11.3 Å². The highest BCUT2D eigenvalue weighted by molar-refractivity contribution is 5.74. The van der Waals surface area contributed by atoms with E-state index >= 15 is 0 Å². The highest BCUT2D eigenvalue weighted by Gasteiger charge is 2.39. The quantitative estimate of drug-likeness (QED) is 0.630. The smallest absolute Gasteiger partial charge is 0.418 e. The first-order valence-corrected chi connectivity index (χ1v) is 5.79. The maximum absolute atomic E-state index is 12.9. The topological polar surface area (TPSA) is 50.1 Å². The fraction of sp³-hybridized carbons (Fsp3) is 0.385. The molecule has 21 heavy (non-hydrogen) atoms. The minimum absolute atomic E-state index is 0.0158. The first kappa shape index (κ1) is 16.9. The normalized spacial score (nSPS) is 11.3. The van der Waals surface area contributed by atoms with E-state index < -0.39 is 41.7 Å². The van der Waals surface area contributed by atoms with Crippen LogP contribution >= 0.6 is 0 Å². The van der Waals surface area contributed by atoms with Crippen molar-refractivity contribution < 1.29 is 31.5 Å². The average Bonchev–Trinajstić information content (AvgIpc) is 2.36. The van der Waals surface area contributed by atoms with Crippen LogP contribution in [-0.4, -0.2) is 12.6 Å². The summed E-state index contributed by atoms with van der Waals surface area (Å²) < 4.78 is 68.7. The summed E-state index contributed by atoms with van der Waals surface area (Å²) in [4.78, 5) is 11.3. The largest absolute Gasteiger partial charge is 0.466 e. The molecule has 0 aliphatic rings. The molecule has 0 saturated carbocycles. The molecule has 0 unspecified atom stereocenters. The average molecular weight is 307 g/mol. The number of nitrogens with zero attached hydrogens (tertiary/aromatic N) is 1. The zero-order valence-electron chi connectivity index (χ0n) is 10.8. The number of alkyl halides is 5. The van der Waals surface area contributed by atoms with Crippen LogP contribution in [-0.2, 0) is 22.1 Å². The third-order valence-electron chi connectivity index (χ3n) is 2.59. The van der Waals surface area contributed by atoms with Gasteiger partial charge in [-0.05, 0) is 12.5 Å². The molecular weight excluding hydrogens is 297 g/mol. The molecular formula is C13H10F5NO2. The van der Waals surface area contributed by atoms with Crippen LogP contribution in [0.4, 0.5) is 22.0 Å².